The van der Waals surface area contributed by atoms with Gasteiger partial charge in [-0.05, 0) is 23.3 Å². The fraction of sp³-hybridized carbons (Fsp3) is 0. The van der Waals surface area contributed by atoms with Crippen LogP contribution in [0.2, 0.25) is 0 Å². The van der Waals surface area contributed by atoms with Gasteiger partial charge in [-0.1, -0.05) is 42.5 Å². The molecule has 0 fully saturated rings. The van der Waals surface area contributed by atoms with Crippen LogP contribution in [-0.4, -0.2) is 12.7 Å². The molecule has 0 aliphatic carbocycles. The third-order valence-corrected chi connectivity index (χ3v) is 2.15. The van der Waals surface area contributed by atoms with Gasteiger partial charge in [-0.3, -0.25) is 0 Å². The van der Waals surface area contributed by atoms with Gasteiger partial charge < -0.3 is 9.68 Å². The number of rotatable bonds is 3. The number of benzene rings is 2. The van der Waals surface area contributed by atoms with Crippen LogP contribution < -0.4 is 4.65 Å². The van der Waals surface area contributed by atoms with Crippen LogP contribution in [0.5, 0.6) is 5.75 Å². The Morgan fingerprint density at radius 1 is 0.800 bits per heavy atom. The van der Waals surface area contributed by atoms with Crippen molar-refractivity contribution in [1.82, 2.24) is 0 Å². The van der Waals surface area contributed by atoms with Crippen molar-refractivity contribution in [3.8, 4) is 16.9 Å². The van der Waals surface area contributed by atoms with Crippen LogP contribution in [0.15, 0.2) is 54.6 Å². The van der Waals surface area contributed by atoms with Crippen molar-refractivity contribution in [2.75, 3.05) is 0 Å². The molecule has 1 N–H and O–H groups in total. The van der Waals surface area contributed by atoms with E-state index in [9.17, 15) is 0 Å². The Balaban J connectivity index is 2.24. The van der Waals surface area contributed by atoms with E-state index in [1.165, 1.54) is 0 Å². The molecule has 0 bridgehead atoms. The molecule has 0 saturated heterocycles. The van der Waals surface area contributed by atoms with Crippen molar-refractivity contribution in [2.24, 2.45) is 0 Å². The van der Waals surface area contributed by atoms with E-state index in [0.29, 0.717) is 13.4 Å². The summed E-state index contributed by atoms with van der Waals surface area (Å²) in [6, 6.07) is 17.6. The summed E-state index contributed by atoms with van der Waals surface area (Å²) in [5.74, 6) is 0.622. The Morgan fingerprint density at radius 3 is 2.00 bits per heavy atom. The quantitative estimate of drug-likeness (QED) is 0.764. The zero-order valence-electron chi connectivity index (χ0n) is 8.13. The fourth-order valence-corrected chi connectivity index (χ4v) is 1.42. The van der Waals surface area contributed by atoms with E-state index < -0.39 is 0 Å². The molecule has 73 valence electrons. The van der Waals surface area contributed by atoms with Gasteiger partial charge in [0.25, 0.3) is 0 Å². The summed E-state index contributed by atoms with van der Waals surface area (Å²) in [5, 5.41) is 8.46. The summed E-state index contributed by atoms with van der Waals surface area (Å²) in [4.78, 5) is 0. The molecule has 3 heteroatoms. The van der Waals surface area contributed by atoms with Gasteiger partial charge in [0.2, 0.25) is 0 Å². The first-order valence-electron chi connectivity index (χ1n) is 4.68. The van der Waals surface area contributed by atoms with Crippen molar-refractivity contribution < 1.29 is 9.68 Å². The predicted molar refractivity (Wildman–Crippen MR) is 60.5 cm³/mol. The highest BCUT2D eigenvalue weighted by Crippen LogP contribution is 2.21. The van der Waals surface area contributed by atoms with Crippen molar-refractivity contribution in [2.45, 2.75) is 0 Å². The number of hydrogen-bond acceptors (Lipinski definition) is 2. The first-order chi connectivity index (χ1) is 7.40. The lowest BCUT2D eigenvalue weighted by Crippen LogP contribution is -1.99. The van der Waals surface area contributed by atoms with Gasteiger partial charge in [0.05, 0.1) is 0 Å². The van der Waals surface area contributed by atoms with E-state index >= 15 is 0 Å². The summed E-state index contributed by atoms with van der Waals surface area (Å²) >= 11 is 0. The monoisotopic (exact) mass is 197 g/mol. The fourth-order valence-electron chi connectivity index (χ4n) is 1.42. The second kappa shape index (κ2) is 4.67. The summed E-state index contributed by atoms with van der Waals surface area (Å²) in [7, 11) is 0.678. The van der Waals surface area contributed by atoms with Crippen LogP contribution in [0.3, 0.4) is 0 Å². The molecule has 2 aromatic rings. The second-order valence-electron chi connectivity index (χ2n) is 3.11. The lowest BCUT2D eigenvalue weighted by molar-refractivity contribution is 0.454. The average molecular weight is 197 g/mol. The van der Waals surface area contributed by atoms with Crippen LogP contribution in [0.25, 0.3) is 11.1 Å². The largest absolute Gasteiger partial charge is 0.569 e. The van der Waals surface area contributed by atoms with Gasteiger partial charge in [-0.25, -0.2) is 0 Å². The zero-order valence-corrected chi connectivity index (χ0v) is 8.13. The topological polar surface area (TPSA) is 29.5 Å². The maximum absolute atomic E-state index is 8.46. The summed E-state index contributed by atoms with van der Waals surface area (Å²) < 4.78 is 4.83. The molecule has 0 aliphatic heterocycles. The molecule has 0 atom stereocenters. The minimum Gasteiger partial charge on any atom is -0.537 e. The third-order valence-electron chi connectivity index (χ3n) is 2.15. The molecule has 0 saturated carbocycles. The summed E-state index contributed by atoms with van der Waals surface area (Å²) in [6.45, 7) is 0. The second-order valence-corrected chi connectivity index (χ2v) is 3.11. The molecule has 2 nitrogen and oxygen atoms in total. The van der Waals surface area contributed by atoms with Gasteiger partial charge in [0.1, 0.15) is 5.75 Å². The molecule has 0 unspecified atom stereocenters. The Hall–Kier alpha value is -1.74. The van der Waals surface area contributed by atoms with Gasteiger partial charge in [0.15, 0.2) is 0 Å². The normalized spacial score (nSPS) is 9.67. The molecule has 0 heterocycles. The highest BCUT2D eigenvalue weighted by Gasteiger charge is 1.97. The Kier molecular flexibility index (Phi) is 3.05. The Labute approximate surface area is 89.5 Å². The van der Waals surface area contributed by atoms with Crippen molar-refractivity contribution >= 4 is 7.69 Å². The van der Waals surface area contributed by atoms with Gasteiger partial charge in [-0.15, -0.1) is 0 Å². The van der Waals surface area contributed by atoms with Crippen LogP contribution >= 0.6 is 0 Å². The summed E-state index contributed by atoms with van der Waals surface area (Å²) in [5.41, 5.74) is 2.29. The van der Waals surface area contributed by atoms with Crippen molar-refractivity contribution in [3.05, 3.63) is 54.6 Å². The van der Waals surface area contributed by atoms with E-state index in [2.05, 4.69) is 0 Å². The Bertz CT molecular complexity index is 411. The first-order valence-corrected chi connectivity index (χ1v) is 4.68. The first kappa shape index (κ1) is 9.81. The maximum atomic E-state index is 8.46. The minimum absolute atomic E-state index is 0.622. The Morgan fingerprint density at radius 2 is 1.40 bits per heavy atom. The van der Waals surface area contributed by atoms with E-state index in [-0.39, 0.29) is 0 Å². The van der Waals surface area contributed by atoms with Gasteiger partial charge in [0, 0.05) is 0 Å². The molecular weight excluding hydrogens is 187 g/mol. The molecule has 15 heavy (non-hydrogen) atoms. The van der Waals surface area contributed by atoms with Crippen LogP contribution in [0.1, 0.15) is 0 Å². The molecule has 2 aromatic carbocycles. The number of hydrogen-bond donors (Lipinski definition) is 1. The molecule has 2 rings (SSSR count). The van der Waals surface area contributed by atoms with Crippen LogP contribution in [0.4, 0.5) is 0 Å². The van der Waals surface area contributed by atoms with E-state index in [1.807, 2.05) is 54.6 Å². The molecule has 0 aliphatic rings. The molecule has 0 aromatic heterocycles. The highest BCUT2D eigenvalue weighted by atomic mass is 16.5. The van der Waals surface area contributed by atoms with E-state index in [4.69, 9.17) is 9.68 Å². The molecular formula is C12H10BO2. The van der Waals surface area contributed by atoms with E-state index in [0.717, 1.165) is 11.1 Å². The van der Waals surface area contributed by atoms with Crippen molar-refractivity contribution in [3.63, 3.8) is 0 Å². The van der Waals surface area contributed by atoms with Gasteiger partial charge >= 0.3 is 7.69 Å². The molecule has 1 radical (unpaired) electrons. The standard InChI is InChI=1S/C12H10BO2/c14-13-15-12-8-6-11(7-9-12)10-4-2-1-3-5-10/h1-9,14H. The lowest BCUT2D eigenvalue weighted by atomic mass is 10.1. The predicted octanol–water partition coefficient (Wildman–Crippen LogP) is 2.26. The summed E-state index contributed by atoms with van der Waals surface area (Å²) in [6.07, 6.45) is 0. The SMILES string of the molecule is O[B]Oc1ccc(-c2ccccc2)cc1. The average Bonchev–Trinajstić information content (AvgIpc) is 2.32. The smallest absolute Gasteiger partial charge is 0.537 e. The molecule has 0 amide bonds. The lowest BCUT2D eigenvalue weighted by Gasteiger charge is -2.04. The zero-order chi connectivity index (χ0) is 10.5. The molecule has 0 spiro atoms. The minimum atomic E-state index is 0.622. The van der Waals surface area contributed by atoms with Crippen LogP contribution in [-0.2, 0) is 0 Å². The maximum Gasteiger partial charge on any atom is 0.569 e. The van der Waals surface area contributed by atoms with Crippen LogP contribution in [0, 0.1) is 0 Å². The van der Waals surface area contributed by atoms with E-state index in [1.54, 1.807) is 0 Å². The van der Waals surface area contributed by atoms with Crippen molar-refractivity contribution in [1.29, 1.82) is 0 Å². The highest BCUT2D eigenvalue weighted by molar-refractivity contribution is 6.17. The van der Waals surface area contributed by atoms with Gasteiger partial charge in [-0.2, -0.15) is 0 Å². The third kappa shape index (κ3) is 2.39.